The fourth-order valence-corrected chi connectivity index (χ4v) is 4.12. The summed E-state index contributed by atoms with van der Waals surface area (Å²) in [5.41, 5.74) is 0.251. The van der Waals surface area contributed by atoms with Crippen molar-refractivity contribution in [3.63, 3.8) is 0 Å². The van der Waals surface area contributed by atoms with Crippen molar-refractivity contribution in [2.45, 2.75) is 50.7 Å². The summed E-state index contributed by atoms with van der Waals surface area (Å²) in [6.07, 6.45) is 0.00967. The number of carbonyl (C=O) groups is 1. The zero-order valence-corrected chi connectivity index (χ0v) is 15.4. The number of methoxy groups -OCH3 is 1. The number of carbonyl (C=O) groups excluding carboxylic acids is 1. The molecule has 0 spiro atoms. The van der Waals surface area contributed by atoms with Crippen LogP contribution in [0.15, 0.2) is 0 Å². The lowest BCUT2D eigenvalue weighted by atomic mass is 10.0. The molecule has 0 saturated carbocycles. The summed E-state index contributed by atoms with van der Waals surface area (Å²) in [6.45, 7) is 3.02. The van der Waals surface area contributed by atoms with Gasteiger partial charge in [0, 0.05) is 25.1 Å². The molecule has 2 aliphatic heterocycles. The molecule has 0 amide bonds. The molecule has 2 saturated heterocycles. The minimum absolute atomic E-state index is 0.103. The fraction of sp³-hybridized carbons (Fsp3) is 0.722. The van der Waals surface area contributed by atoms with Crippen LogP contribution in [0.1, 0.15) is 37.4 Å². The lowest BCUT2D eigenvalue weighted by Crippen LogP contribution is -2.57. The minimum Gasteiger partial charge on any atom is -0.469 e. The van der Waals surface area contributed by atoms with Crippen LogP contribution >= 0.6 is 0 Å². The molecule has 3 atom stereocenters. The SMILES string of the molecule is COC(=O)C[C@H]1CCN(c2nc(N3CC(F)C3C)nc3c2CCC3(F)F)C1. The molecule has 4 rings (SSSR count). The maximum Gasteiger partial charge on any atom is 0.305 e. The Morgan fingerprint density at radius 1 is 1.33 bits per heavy atom. The number of alkyl halides is 3. The van der Waals surface area contributed by atoms with Crippen LogP contribution in [0, 0.1) is 5.92 Å². The normalized spacial score (nSPS) is 28.9. The predicted octanol–water partition coefficient (Wildman–Crippen LogP) is 2.45. The fourth-order valence-electron chi connectivity index (χ4n) is 4.12. The Hall–Kier alpha value is -2.06. The van der Waals surface area contributed by atoms with E-state index in [4.69, 9.17) is 4.74 Å². The lowest BCUT2D eigenvalue weighted by Gasteiger charge is -2.42. The summed E-state index contributed by atoms with van der Waals surface area (Å²) in [6, 6.07) is -0.420. The summed E-state index contributed by atoms with van der Waals surface area (Å²) in [4.78, 5) is 23.8. The Morgan fingerprint density at radius 2 is 2.11 bits per heavy atom. The van der Waals surface area contributed by atoms with Gasteiger partial charge in [-0.25, -0.2) is 9.37 Å². The Morgan fingerprint density at radius 3 is 2.78 bits per heavy atom. The maximum atomic E-state index is 14.4. The van der Waals surface area contributed by atoms with Crippen LogP contribution < -0.4 is 9.80 Å². The number of halogens is 3. The average Bonchev–Trinajstić information content (AvgIpc) is 3.23. The number of anilines is 2. The van der Waals surface area contributed by atoms with E-state index in [1.807, 2.05) is 4.90 Å². The van der Waals surface area contributed by atoms with Gasteiger partial charge in [-0.3, -0.25) is 4.79 Å². The second-order valence-corrected chi connectivity index (χ2v) is 7.67. The van der Waals surface area contributed by atoms with E-state index < -0.39 is 18.1 Å². The summed E-state index contributed by atoms with van der Waals surface area (Å²) >= 11 is 0. The number of nitrogens with zero attached hydrogens (tertiary/aromatic N) is 4. The monoisotopic (exact) mass is 384 g/mol. The van der Waals surface area contributed by atoms with Gasteiger partial charge in [0.15, 0.2) is 0 Å². The number of fused-ring (bicyclic) bond motifs is 1. The summed E-state index contributed by atoms with van der Waals surface area (Å²) in [5.74, 6) is -2.48. The van der Waals surface area contributed by atoms with Gasteiger partial charge in [-0.15, -0.1) is 0 Å². The van der Waals surface area contributed by atoms with Crippen molar-refractivity contribution in [1.82, 2.24) is 9.97 Å². The van der Waals surface area contributed by atoms with E-state index in [9.17, 15) is 18.0 Å². The van der Waals surface area contributed by atoms with E-state index in [-0.39, 0.29) is 42.9 Å². The Balaban J connectivity index is 1.64. The number of aromatic nitrogens is 2. The molecular formula is C18H23F3N4O2. The van der Waals surface area contributed by atoms with Gasteiger partial charge in [0.05, 0.1) is 26.1 Å². The second kappa shape index (κ2) is 6.53. The highest BCUT2D eigenvalue weighted by atomic mass is 19.3. The molecule has 27 heavy (non-hydrogen) atoms. The third-order valence-corrected chi connectivity index (χ3v) is 5.92. The van der Waals surface area contributed by atoms with E-state index in [2.05, 4.69) is 9.97 Å². The molecular weight excluding hydrogens is 361 g/mol. The number of hydrogen-bond donors (Lipinski definition) is 0. The summed E-state index contributed by atoms with van der Waals surface area (Å²) < 4.78 is 47.1. The van der Waals surface area contributed by atoms with Crippen LogP contribution in [-0.2, 0) is 21.9 Å². The van der Waals surface area contributed by atoms with Gasteiger partial charge in [-0.05, 0) is 25.7 Å². The average molecular weight is 384 g/mol. The zero-order valence-electron chi connectivity index (χ0n) is 15.4. The molecule has 1 aromatic rings. The van der Waals surface area contributed by atoms with E-state index in [1.165, 1.54) is 7.11 Å². The van der Waals surface area contributed by atoms with Crippen molar-refractivity contribution >= 4 is 17.7 Å². The van der Waals surface area contributed by atoms with E-state index in [0.717, 1.165) is 6.42 Å². The highest BCUT2D eigenvalue weighted by Crippen LogP contribution is 2.45. The molecule has 1 aromatic heterocycles. The van der Waals surface area contributed by atoms with E-state index in [0.29, 0.717) is 30.9 Å². The van der Waals surface area contributed by atoms with Gasteiger partial charge in [-0.1, -0.05) is 0 Å². The highest BCUT2D eigenvalue weighted by Gasteiger charge is 2.46. The molecule has 0 N–H and O–H groups in total. The second-order valence-electron chi connectivity index (χ2n) is 7.67. The quantitative estimate of drug-likeness (QED) is 0.744. The Labute approximate surface area is 155 Å². The molecule has 2 fully saturated rings. The van der Waals surface area contributed by atoms with Crippen LogP contribution in [-0.4, -0.2) is 54.9 Å². The molecule has 3 heterocycles. The van der Waals surface area contributed by atoms with Crippen LogP contribution in [0.25, 0.3) is 0 Å². The first-order valence-electron chi connectivity index (χ1n) is 9.32. The van der Waals surface area contributed by atoms with Gasteiger partial charge in [0.2, 0.25) is 5.95 Å². The van der Waals surface area contributed by atoms with Crippen molar-refractivity contribution in [3.05, 3.63) is 11.3 Å². The Bertz CT molecular complexity index is 760. The van der Waals surface area contributed by atoms with E-state index >= 15 is 0 Å². The number of ether oxygens (including phenoxy) is 1. The van der Waals surface area contributed by atoms with Gasteiger partial charge in [0.1, 0.15) is 17.7 Å². The summed E-state index contributed by atoms with van der Waals surface area (Å²) in [5, 5.41) is 0. The van der Waals surface area contributed by atoms with Gasteiger partial charge >= 0.3 is 5.97 Å². The van der Waals surface area contributed by atoms with Crippen LogP contribution in [0.2, 0.25) is 0 Å². The van der Waals surface area contributed by atoms with Crippen molar-refractivity contribution in [1.29, 1.82) is 0 Å². The van der Waals surface area contributed by atoms with Crippen LogP contribution in [0.4, 0.5) is 24.9 Å². The van der Waals surface area contributed by atoms with Crippen LogP contribution in [0.3, 0.4) is 0 Å². The molecule has 148 valence electrons. The third kappa shape index (κ3) is 3.10. The minimum atomic E-state index is -2.99. The maximum absolute atomic E-state index is 14.4. The van der Waals surface area contributed by atoms with Gasteiger partial charge in [0.25, 0.3) is 5.92 Å². The molecule has 2 unspecified atom stereocenters. The molecule has 9 heteroatoms. The third-order valence-electron chi connectivity index (χ3n) is 5.92. The van der Waals surface area contributed by atoms with Crippen molar-refractivity contribution in [2.75, 3.05) is 36.5 Å². The molecule has 0 aromatic carbocycles. The number of esters is 1. The topological polar surface area (TPSA) is 58.6 Å². The predicted molar refractivity (Wildman–Crippen MR) is 92.9 cm³/mol. The largest absolute Gasteiger partial charge is 0.469 e. The lowest BCUT2D eigenvalue weighted by molar-refractivity contribution is -0.141. The van der Waals surface area contributed by atoms with Gasteiger partial charge in [-0.2, -0.15) is 13.8 Å². The first-order valence-corrected chi connectivity index (χ1v) is 9.32. The molecule has 1 aliphatic carbocycles. The van der Waals surface area contributed by atoms with Gasteiger partial charge < -0.3 is 14.5 Å². The summed E-state index contributed by atoms with van der Waals surface area (Å²) in [7, 11) is 1.35. The first kappa shape index (κ1) is 18.3. The molecule has 0 bridgehead atoms. The zero-order chi connectivity index (χ0) is 19.3. The van der Waals surface area contributed by atoms with Crippen molar-refractivity contribution in [2.24, 2.45) is 5.92 Å². The number of hydrogen-bond acceptors (Lipinski definition) is 6. The van der Waals surface area contributed by atoms with Crippen LogP contribution in [0.5, 0.6) is 0 Å². The number of rotatable bonds is 4. The highest BCUT2D eigenvalue weighted by molar-refractivity contribution is 5.69. The smallest absolute Gasteiger partial charge is 0.305 e. The van der Waals surface area contributed by atoms with Crippen molar-refractivity contribution < 1.29 is 22.7 Å². The van der Waals surface area contributed by atoms with Crippen molar-refractivity contribution in [3.8, 4) is 0 Å². The van der Waals surface area contributed by atoms with E-state index in [1.54, 1.807) is 11.8 Å². The standard InChI is InChI=1S/C18H23F3N4O2/c1-10-13(19)9-25(10)17-22-15-12(3-5-18(15,20)21)16(23-17)24-6-4-11(8-24)7-14(26)27-2/h10-11,13H,3-9H2,1-2H3/t10?,11-,13?/m1/s1. The Kier molecular flexibility index (Phi) is 4.43. The molecule has 6 nitrogen and oxygen atoms in total. The first-order chi connectivity index (χ1) is 12.8. The molecule has 3 aliphatic rings. The molecule has 0 radical (unpaired) electrons.